The molecule has 0 amide bonds. The van der Waals surface area contributed by atoms with Gasteiger partial charge in [-0.25, -0.2) is 0 Å². The summed E-state index contributed by atoms with van der Waals surface area (Å²) in [5, 5.41) is 7.00. The van der Waals surface area contributed by atoms with Crippen molar-refractivity contribution in [1.29, 1.82) is 0 Å². The first-order chi connectivity index (χ1) is 4.00. The molecule has 0 aliphatic heterocycles. The summed E-state index contributed by atoms with van der Waals surface area (Å²) in [6.45, 7) is 0. The van der Waals surface area contributed by atoms with E-state index in [0.29, 0.717) is 0 Å². The van der Waals surface area contributed by atoms with Gasteiger partial charge in [-0.1, -0.05) is 38.5 Å². The third kappa shape index (κ3) is 8.25. The molecule has 0 spiro atoms. The predicted octanol–water partition coefficient (Wildman–Crippen LogP) is 2.37. The van der Waals surface area contributed by atoms with Gasteiger partial charge in [0, 0.05) is 7.11 Å². The minimum absolute atomic E-state index is 0. The number of hydrogen-bond acceptors (Lipinski definition) is 1. The fraction of sp³-hybridized carbons (Fsp3) is 1.00. The molecule has 1 N–H and O–H groups in total. The summed E-state index contributed by atoms with van der Waals surface area (Å²) in [4.78, 5) is 0. The zero-order valence-corrected chi connectivity index (χ0v) is 6.91. The Morgan fingerprint density at radius 2 is 0.778 bits per heavy atom. The number of rotatable bonds is 0. The number of aliphatic hydroxyl groups excluding tert-OH is 1. The van der Waals surface area contributed by atoms with E-state index in [0.717, 1.165) is 7.11 Å². The van der Waals surface area contributed by atoms with Crippen molar-refractivity contribution < 1.29 is 5.11 Å². The van der Waals surface area contributed by atoms with Crippen LogP contribution in [0.1, 0.15) is 38.5 Å². The summed E-state index contributed by atoms with van der Waals surface area (Å²) in [7, 11) is 1.00. The lowest BCUT2D eigenvalue weighted by Crippen LogP contribution is -1.85. The van der Waals surface area contributed by atoms with Gasteiger partial charge in [-0.3, -0.25) is 0 Å². The molecular formula is C7H17ClO. The van der Waals surface area contributed by atoms with Crippen molar-refractivity contribution >= 4 is 12.4 Å². The van der Waals surface area contributed by atoms with Crippen LogP contribution in [0.3, 0.4) is 0 Å². The molecule has 1 aliphatic carbocycles. The summed E-state index contributed by atoms with van der Waals surface area (Å²) in [5.74, 6) is 0. The van der Waals surface area contributed by atoms with Gasteiger partial charge in [-0.15, -0.1) is 12.4 Å². The molecule has 1 fully saturated rings. The van der Waals surface area contributed by atoms with E-state index in [1.54, 1.807) is 0 Å². The molecule has 0 saturated heterocycles. The molecule has 0 bridgehead atoms. The maximum atomic E-state index is 7.00. The Hall–Kier alpha value is 0.250. The van der Waals surface area contributed by atoms with Crippen molar-refractivity contribution in [1.82, 2.24) is 0 Å². The van der Waals surface area contributed by atoms with E-state index in [2.05, 4.69) is 0 Å². The second-order valence-corrected chi connectivity index (χ2v) is 2.12. The predicted molar refractivity (Wildman–Crippen MR) is 43.1 cm³/mol. The first kappa shape index (κ1) is 12.0. The number of halogens is 1. The average Bonchev–Trinajstić information content (AvgIpc) is 1.96. The van der Waals surface area contributed by atoms with Crippen molar-refractivity contribution in [2.45, 2.75) is 38.5 Å². The molecule has 0 heterocycles. The first-order valence-corrected chi connectivity index (χ1v) is 3.45. The van der Waals surface area contributed by atoms with E-state index in [1.165, 1.54) is 38.5 Å². The van der Waals surface area contributed by atoms with Crippen molar-refractivity contribution in [3.05, 3.63) is 0 Å². The molecular weight excluding hydrogens is 136 g/mol. The van der Waals surface area contributed by atoms with Crippen LogP contribution in [0.15, 0.2) is 0 Å². The molecule has 58 valence electrons. The monoisotopic (exact) mass is 152 g/mol. The van der Waals surface area contributed by atoms with Gasteiger partial charge >= 0.3 is 0 Å². The van der Waals surface area contributed by atoms with Crippen molar-refractivity contribution in [2.24, 2.45) is 0 Å². The molecule has 1 saturated carbocycles. The van der Waals surface area contributed by atoms with Crippen LogP contribution in [-0.4, -0.2) is 12.2 Å². The molecule has 0 unspecified atom stereocenters. The van der Waals surface area contributed by atoms with Crippen molar-refractivity contribution in [3.8, 4) is 0 Å². The average molecular weight is 153 g/mol. The molecule has 0 aromatic rings. The van der Waals surface area contributed by atoms with E-state index in [9.17, 15) is 0 Å². The second-order valence-electron chi connectivity index (χ2n) is 2.12. The zero-order valence-electron chi connectivity index (χ0n) is 6.10. The summed E-state index contributed by atoms with van der Waals surface area (Å²) >= 11 is 0. The molecule has 2 heteroatoms. The Labute approximate surface area is 63.9 Å². The van der Waals surface area contributed by atoms with Crippen LogP contribution >= 0.6 is 12.4 Å². The fourth-order valence-electron chi connectivity index (χ4n) is 1.06. The maximum absolute atomic E-state index is 7.00. The lowest BCUT2D eigenvalue weighted by Gasteiger charge is -2.05. The summed E-state index contributed by atoms with van der Waals surface area (Å²) in [6.07, 6.45) is 9.00. The van der Waals surface area contributed by atoms with Crippen molar-refractivity contribution in [3.63, 3.8) is 0 Å². The third-order valence-corrected chi connectivity index (χ3v) is 1.50. The van der Waals surface area contributed by atoms with E-state index < -0.39 is 0 Å². The van der Waals surface area contributed by atoms with Crippen LogP contribution in [0.5, 0.6) is 0 Å². The van der Waals surface area contributed by atoms with Gasteiger partial charge in [0.25, 0.3) is 0 Å². The summed E-state index contributed by atoms with van der Waals surface area (Å²) in [5.41, 5.74) is 0. The third-order valence-electron chi connectivity index (χ3n) is 1.50. The maximum Gasteiger partial charge on any atom is 0.0319 e. The summed E-state index contributed by atoms with van der Waals surface area (Å²) < 4.78 is 0. The Morgan fingerprint density at radius 1 is 0.667 bits per heavy atom. The van der Waals surface area contributed by atoms with E-state index in [-0.39, 0.29) is 12.4 Å². The topological polar surface area (TPSA) is 20.2 Å². The van der Waals surface area contributed by atoms with E-state index in [4.69, 9.17) is 5.11 Å². The Kier molecular flexibility index (Phi) is 14.8. The molecule has 0 radical (unpaired) electrons. The van der Waals surface area contributed by atoms with Crippen LogP contribution < -0.4 is 0 Å². The molecule has 9 heavy (non-hydrogen) atoms. The molecule has 0 atom stereocenters. The lowest BCUT2D eigenvalue weighted by molar-refractivity contribution is 0.399. The fourth-order valence-corrected chi connectivity index (χ4v) is 1.06. The van der Waals surface area contributed by atoms with Crippen LogP contribution in [0.2, 0.25) is 0 Å². The Morgan fingerprint density at radius 3 is 0.889 bits per heavy atom. The Balaban J connectivity index is 0. The standard InChI is InChI=1S/C6H12.CH4O.ClH/c1-2-4-6-5-3-1;1-2;/h1-6H2;2H,1H3;1H. The number of aliphatic hydroxyl groups is 1. The molecule has 1 aliphatic rings. The minimum atomic E-state index is 0. The minimum Gasteiger partial charge on any atom is -0.400 e. The Bertz CT molecular complexity index is 24.4. The molecule has 1 rings (SSSR count). The van der Waals surface area contributed by atoms with Crippen LogP contribution in [0.25, 0.3) is 0 Å². The summed E-state index contributed by atoms with van der Waals surface area (Å²) in [6, 6.07) is 0. The zero-order chi connectivity index (χ0) is 6.24. The molecule has 0 aromatic heterocycles. The first-order valence-electron chi connectivity index (χ1n) is 3.45. The highest BCUT2D eigenvalue weighted by Crippen LogP contribution is 2.15. The quantitative estimate of drug-likeness (QED) is 0.565. The van der Waals surface area contributed by atoms with Gasteiger partial charge in [0.2, 0.25) is 0 Å². The lowest BCUT2D eigenvalue weighted by atomic mass is 10.0. The van der Waals surface area contributed by atoms with Gasteiger partial charge in [0.15, 0.2) is 0 Å². The molecule has 0 aromatic carbocycles. The van der Waals surface area contributed by atoms with Crippen LogP contribution in [-0.2, 0) is 0 Å². The van der Waals surface area contributed by atoms with Gasteiger partial charge in [0.05, 0.1) is 0 Å². The van der Waals surface area contributed by atoms with Crippen LogP contribution in [0.4, 0.5) is 0 Å². The van der Waals surface area contributed by atoms with Gasteiger partial charge in [-0.2, -0.15) is 0 Å². The largest absolute Gasteiger partial charge is 0.400 e. The SMILES string of the molecule is C1CCCCC1.CO.Cl. The highest BCUT2D eigenvalue weighted by molar-refractivity contribution is 5.85. The smallest absolute Gasteiger partial charge is 0.0319 e. The van der Waals surface area contributed by atoms with Gasteiger partial charge in [0.1, 0.15) is 0 Å². The second kappa shape index (κ2) is 11.1. The van der Waals surface area contributed by atoms with Crippen molar-refractivity contribution in [2.75, 3.05) is 7.11 Å². The van der Waals surface area contributed by atoms with Gasteiger partial charge < -0.3 is 5.11 Å². The molecule has 1 nitrogen and oxygen atoms in total. The van der Waals surface area contributed by atoms with E-state index >= 15 is 0 Å². The number of hydrogen-bond donors (Lipinski definition) is 1. The van der Waals surface area contributed by atoms with Crippen LogP contribution in [0, 0.1) is 0 Å². The van der Waals surface area contributed by atoms with E-state index in [1.807, 2.05) is 0 Å². The van der Waals surface area contributed by atoms with Gasteiger partial charge in [-0.05, 0) is 0 Å². The highest BCUT2D eigenvalue weighted by Gasteiger charge is 1.95. The highest BCUT2D eigenvalue weighted by atomic mass is 35.5. The normalized spacial score (nSPS) is 16.7.